The molecule has 7 heteroatoms. The number of hydrogen-bond donors (Lipinski definition) is 0. The van der Waals surface area contributed by atoms with Crippen molar-refractivity contribution in [3.05, 3.63) is 64.4 Å². The summed E-state index contributed by atoms with van der Waals surface area (Å²) in [6, 6.07) is 14.6. The van der Waals surface area contributed by atoms with Crippen LogP contribution in [0, 0.1) is 6.92 Å². The molecule has 3 rings (SSSR count). The summed E-state index contributed by atoms with van der Waals surface area (Å²) in [7, 11) is 0. The highest BCUT2D eigenvalue weighted by Crippen LogP contribution is 2.12. The van der Waals surface area contributed by atoms with E-state index in [-0.39, 0.29) is 18.7 Å². The van der Waals surface area contributed by atoms with Crippen molar-refractivity contribution in [3.63, 3.8) is 0 Å². The highest BCUT2D eigenvalue weighted by atomic mass is 16.5. The molecule has 1 aromatic heterocycles. The molecule has 0 atom stereocenters. The second-order valence-corrected chi connectivity index (χ2v) is 5.83. The van der Waals surface area contributed by atoms with Crippen LogP contribution in [0.15, 0.2) is 53.3 Å². The fourth-order valence-corrected chi connectivity index (χ4v) is 2.42. The molecule has 0 aliphatic rings. The summed E-state index contributed by atoms with van der Waals surface area (Å²) < 4.78 is 11.7. The standard InChI is InChI=1S/C19H19N3O4/c1-14-6-4-7-15(12-14)25-11-5-10-18(23)26-13-22-19(24)16-8-2-3-9-17(16)20-21-22/h2-4,6-9,12H,5,10-11,13H2,1H3. The molecule has 26 heavy (non-hydrogen) atoms. The molecular weight excluding hydrogens is 334 g/mol. The van der Waals surface area contributed by atoms with Gasteiger partial charge in [0.25, 0.3) is 5.56 Å². The lowest BCUT2D eigenvalue weighted by atomic mass is 10.2. The van der Waals surface area contributed by atoms with Crippen LogP contribution >= 0.6 is 0 Å². The Morgan fingerprint density at radius 3 is 2.85 bits per heavy atom. The number of nitrogens with zero attached hydrogens (tertiary/aromatic N) is 3. The Bertz CT molecular complexity index is 968. The average molecular weight is 353 g/mol. The summed E-state index contributed by atoms with van der Waals surface area (Å²) in [5.74, 6) is 0.357. The first-order valence-corrected chi connectivity index (χ1v) is 8.31. The topological polar surface area (TPSA) is 83.3 Å². The molecule has 2 aromatic carbocycles. The van der Waals surface area contributed by atoms with E-state index >= 15 is 0 Å². The predicted molar refractivity (Wildman–Crippen MR) is 95.8 cm³/mol. The van der Waals surface area contributed by atoms with E-state index in [1.807, 2.05) is 31.2 Å². The summed E-state index contributed by atoms with van der Waals surface area (Å²) in [4.78, 5) is 24.1. The summed E-state index contributed by atoms with van der Waals surface area (Å²) in [5, 5.41) is 8.15. The Hall–Kier alpha value is -3.22. The van der Waals surface area contributed by atoms with E-state index in [0.29, 0.717) is 23.9 Å². The number of esters is 1. The third-order valence-electron chi connectivity index (χ3n) is 3.76. The van der Waals surface area contributed by atoms with Crippen LogP contribution in [-0.2, 0) is 16.3 Å². The van der Waals surface area contributed by atoms with Gasteiger partial charge in [0.15, 0.2) is 6.73 Å². The summed E-state index contributed by atoms with van der Waals surface area (Å²) in [6.07, 6.45) is 0.715. The van der Waals surface area contributed by atoms with Crippen molar-refractivity contribution >= 4 is 16.9 Å². The Balaban J connectivity index is 1.46. The number of carbonyl (C=O) groups excluding carboxylic acids is 1. The van der Waals surface area contributed by atoms with Gasteiger partial charge in [-0.15, -0.1) is 5.10 Å². The smallest absolute Gasteiger partial charge is 0.307 e. The Labute approximate surface area is 150 Å². The van der Waals surface area contributed by atoms with Gasteiger partial charge in [-0.2, -0.15) is 4.68 Å². The van der Waals surface area contributed by atoms with Gasteiger partial charge in [-0.25, -0.2) is 0 Å². The molecule has 0 spiro atoms. The maximum atomic E-state index is 12.2. The predicted octanol–water partition coefficient (Wildman–Crippen LogP) is 2.46. The van der Waals surface area contributed by atoms with Gasteiger partial charge in [-0.3, -0.25) is 9.59 Å². The van der Waals surface area contributed by atoms with Crippen molar-refractivity contribution in [2.75, 3.05) is 6.61 Å². The third kappa shape index (κ3) is 4.44. The fraction of sp³-hybridized carbons (Fsp3) is 0.263. The largest absolute Gasteiger partial charge is 0.494 e. The molecule has 3 aromatic rings. The maximum Gasteiger partial charge on any atom is 0.307 e. The monoisotopic (exact) mass is 353 g/mol. The molecular formula is C19H19N3O4. The molecule has 0 amide bonds. The number of ether oxygens (including phenoxy) is 2. The second kappa shape index (κ2) is 8.24. The lowest BCUT2D eigenvalue weighted by Crippen LogP contribution is -2.26. The number of aryl methyl sites for hydroxylation is 1. The van der Waals surface area contributed by atoms with Gasteiger partial charge in [0.05, 0.1) is 12.0 Å². The number of carbonyl (C=O) groups is 1. The number of rotatable bonds is 7. The minimum absolute atomic E-state index is 0.196. The van der Waals surface area contributed by atoms with Gasteiger partial charge >= 0.3 is 5.97 Å². The molecule has 0 bridgehead atoms. The van der Waals surface area contributed by atoms with Crippen LogP contribution in [0.3, 0.4) is 0 Å². The molecule has 7 nitrogen and oxygen atoms in total. The molecule has 0 N–H and O–H groups in total. The van der Waals surface area contributed by atoms with Crippen LogP contribution in [0.5, 0.6) is 5.75 Å². The lowest BCUT2D eigenvalue weighted by molar-refractivity contribution is -0.148. The second-order valence-electron chi connectivity index (χ2n) is 5.83. The van der Waals surface area contributed by atoms with Gasteiger partial charge in [-0.1, -0.05) is 29.5 Å². The molecule has 0 unspecified atom stereocenters. The number of benzene rings is 2. The molecule has 0 fully saturated rings. The van der Waals surface area contributed by atoms with E-state index in [1.165, 1.54) is 0 Å². The molecule has 0 saturated heterocycles. The van der Waals surface area contributed by atoms with E-state index in [0.717, 1.165) is 16.0 Å². The minimum Gasteiger partial charge on any atom is -0.494 e. The molecule has 1 heterocycles. The zero-order chi connectivity index (χ0) is 18.4. The van der Waals surface area contributed by atoms with E-state index < -0.39 is 5.97 Å². The maximum absolute atomic E-state index is 12.2. The molecule has 0 aliphatic heterocycles. The Morgan fingerprint density at radius 2 is 2.00 bits per heavy atom. The van der Waals surface area contributed by atoms with E-state index in [9.17, 15) is 9.59 Å². The summed E-state index contributed by atoms with van der Waals surface area (Å²) >= 11 is 0. The van der Waals surface area contributed by atoms with Gasteiger partial charge in [0.1, 0.15) is 11.3 Å². The highest BCUT2D eigenvalue weighted by molar-refractivity contribution is 5.76. The average Bonchev–Trinajstić information content (AvgIpc) is 2.65. The van der Waals surface area contributed by atoms with Gasteiger partial charge < -0.3 is 9.47 Å². The molecule has 0 aliphatic carbocycles. The van der Waals surface area contributed by atoms with Crippen LogP contribution in [0.2, 0.25) is 0 Å². The third-order valence-corrected chi connectivity index (χ3v) is 3.76. The van der Waals surface area contributed by atoms with Crippen LogP contribution < -0.4 is 10.3 Å². The van der Waals surface area contributed by atoms with Crippen molar-refractivity contribution in [2.24, 2.45) is 0 Å². The van der Waals surface area contributed by atoms with Crippen LogP contribution in [0.25, 0.3) is 10.9 Å². The van der Waals surface area contributed by atoms with Gasteiger partial charge in [0.2, 0.25) is 0 Å². The van der Waals surface area contributed by atoms with Gasteiger partial charge in [0, 0.05) is 6.42 Å². The van der Waals surface area contributed by atoms with Gasteiger partial charge in [-0.05, 0) is 43.2 Å². The zero-order valence-electron chi connectivity index (χ0n) is 14.4. The first kappa shape index (κ1) is 17.6. The molecule has 0 saturated carbocycles. The van der Waals surface area contributed by atoms with Crippen molar-refractivity contribution < 1.29 is 14.3 Å². The number of aromatic nitrogens is 3. The summed E-state index contributed by atoms with van der Waals surface area (Å²) in [5.41, 5.74) is 1.28. The quantitative estimate of drug-likeness (QED) is 0.479. The SMILES string of the molecule is Cc1cccc(OCCCC(=O)OCn2nnc3ccccc3c2=O)c1. The van der Waals surface area contributed by atoms with E-state index in [1.54, 1.807) is 24.3 Å². The van der Waals surface area contributed by atoms with Crippen molar-refractivity contribution in [1.82, 2.24) is 15.0 Å². The molecule has 134 valence electrons. The van der Waals surface area contributed by atoms with Crippen molar-refractivity contribution in [2.45, 2.75) is 26.5 Å². The molecule has 0 radical (unpaired) electrons. The lowest BCUT2D eigenvalue weighted by Gasteiger charge is -2.08. The fourth-order valence-electron chi connectivity index (χ4n) is 2.42. The Kier molecular flexibility index (Phi) is 5.58. The number of fused-ring (bicyclic) bond motifs is 1. The minimum atomic E-state index is -0.417. The Morgan fingerprint density at radius 1 is 1.15 bits per heavy atom. The number of hydrogen-bond acceptors (Lipinski definition) is 6. The van der Waals surface area contributed by atoms with Crippen molar-refractivity contribution in [3.8, 4) is 5.75 Å². The first-order chi connectivity index (χ1) is 12.6. The van der Waals surface area contributed by atoms with Crippen LogP contribution in [-0.4, -0.2) is 27.6 Å². The summed E-state index contributed by atoms with van der Waals surface area (Å²) in [6.45, 7) is 2.14. The van der Waals surface area contributed by atoms with Crippen LogP contribution in [0.1, 0.15) is 18.4 Å². The zero-order valence-corrected chi connectivity index (χ0v) is 14.4. The van der Waals surface area contributed by atoms with Crippen molar-refractivity contribution in [1.29, 1.82) is 0 Å². The van der Waals surface area contributed by atoms with E-state index in [2.05, 4.69) is 10.3 Å². The van der Waals surface area contributed by atoms with Crippen LogP contribution in [0.4, 0.5) is 0 Å². The van der Waals surface area contributed by atoms with E-state index in [4.69, 9.17) is 9.47 Å². The normalized spacial score (nSPS) is 10.7. The highest BCUT2D eigenvalue weighted by Gasteiger charge is 2.08. The first-order valence-electron chi connectivity index (χ1n) is 8.31.